The number of ether oxygens (including phenoxy) is 1. The summed E-state index contributed by atoms with van der Waals surface area (Å²) in [5.74, 6) is 0.972. The van der Waals surface area contributed by atoms with E-state index < -0.39 is 0 Å². The van der Waals surface area contributed by atoms with Crippen LogP contribution < -0.4 is 10.5 Å². The number of methoxy groups -OCH3 is 1. The summed E-state index contributed by atoms with van der Waals surface area (Å²) in [5.41, 5.74) is 5.60. The van der Waals surface area contributed by atoms with Crippen molar-refractivity contribution in [1.29, 1.82) is 0 Å². The normalized spacial score (nSPS) is 10.7. The number of hydrogen-bond acceptors (Lipinski definition) is 5. The third kappa shape index (κ3) is 7.26. The molecule has 0 amide bonds. The van der Waals surface area contributed by atoms with Crippen LogP contribution >= 0.6 is 0 Å². The minimum Gasteiger partial charge on any atom is -0.467 e. The molecule has 0 radical (unpaired) electrons. The first-order chi connectivity index (χ1) is 9.76. The number of aromatic nitrogens is 3. The molecule has 0 saturated heterocycles. The summed E-state index contributed by atoms with van der Waals surface area (Å²) in [6.45, 7) is 2.25. The van der Waals surface area contributed by atoms with E-state index in [4.69, 9.17) is 10.5 Å². The van der Waals surface area contributed by atoms with Gasteiger partial charge in [0.2, 0.25) is 5.95 Å². The molecule has 2 N–H and O–H groups in total. The van der Waals surface area contributed by atoms with Crippen LogP contribution in [0.4, 0.5) is 5.95 Å². The molecule has 1 aromatic heterocycles. The highest BCUT2D eigenvalue weighted by Gasteiger charge is 2.04. The smallest absolute Gasteiger partial charge is 0.321 e. The number of nitrogens with zero attached hydrogens (tertiary/aromatic N) is 3. The molecule has 5 nitrogen and oxygen atoms in total. The molecule has 0 bridgehead atoms. The molecular weight excluding hydrogens is 252 g/mol. The zero-order valence-corrected chi connectivity index (χ0v) is 12.9. The molecule has 0 fully saturated rings. The molecule has 1 aromatic rings. The first kappa shape index (κ1) is 16.7. The fourth-order valence-electron chi connectivity index (χ4n) is 2.21. The highest BCUT2D eigenvalue weighted by atomic mass is 16.5. The Balaban J connectivity index is 2.08. The monoisotopic (exact) mass is 280 g/mol. The quantitative estimate of drug-likeness (QED) is 0.628. The number of hydrogen-bond donors (Lipinski definition) is 1. The summed E-state index contributed by atoms with van der Waals surface area (Å²) in [5, 5.41) is 0. The van der Waals surface area contributed by atoms with Crippen LogP contribution in [0.1, 0.15) is 70.5 Å². The van der Waals surface area contributed by atoms with Crippen molar-refractivity contribution in [2.45, 2.75) is 71.1 Å². The molecule has 0 aromatic carbocycles. The fourth-order valence-corrected chi connectivity index (χ4v) is 2.21. The van der Waals surface area contributed by atoms with Crippen molar-refractivity contribution in [3.8, 4) is 6.01 Å². The Morgan fingerprint density at radius 2 is 1.45 bits per heavy atom. The number of aryl methyl sites for hydroxylation is 1. The van der Waals surface area contributed by atoms with Gasteiger partial charge in [-0.1, -0.05) is 58.3 Å². The van der Waals surface area contributed by atoms with E-state index in [1.807, 2.05) is 0 Å². The zero-order valence-electron chi connectivity index (χ0n) is 12.9. The first-order valence-corrected chi connectivity index (χ1v) is 7.80. The summed E-state index contributed by atoms with van der Waals surface area (Å²) in [4.78, 5) is 12.2. The summed E-state index contributed by atoms with van der Waals surface area (Å²) in [6, 6.07) is 0.309. The van der Waals surface area contributed by atoms with Gasteiger partial charge in [0.25, 0.3) is 0 Å². The average molecular weight is 280 g/mol. The SMILES string of the molecule is CCCCCCCCCCCc1nc(N)nc(OC)n1. The van der Waals surface area contributed by atoms with Crippen molar-refractivity contribution in [2.24, 2.45) is 0 Å². The van der Waals surface area contributed by atoms with Crippen LogP contribution in [0.5, 0.6) is 6.01 Å². The lowest BCUT2D eigenvalue weighted by atomic mass is 10.1. The molecule has 114 valence electrons. The Bertz CT molecular complexity index is 371. The van der Waals surface area contributed by atoms with Crippen LogP contribution in [0.3, 0.4) is 0 Å². The van der Waals surface area contributed by atoms with E-state index in [0.717, 1.165) is 18.7 Å². The topological polar surface area (TPSA) is 73.9 Å². The molecule has 0 spiro atoms. The second-order valence-electron chi connectivity index (χ2n) is 5.17. The van der Waals surface area contributed by atoms with Gasteiger partial charge in [-0.2, -0.15) is 15.0 Å². The highest BCUT2D eigenvalue weighted by molar-refractivity contribution is 5.18. The van der Waals surface area contributed by atoms with Gasteiger partial charge < -0.3 is 10.5 Å². The lowest BCUT2D eigenvalue weighted by Crippen LogP contribution is -2.05. The van der Waals surface area contributed by atoms with Crippen molar-refractivity contribution in [2.75, 3.05) is 12.8 Å². The van der Waals surface area contributed by atoms with Crippen molar-refractivity contribution in [3.05, 3.63) is 5.82 Å². The number of anilines is 1. The summed E-state index contributed by atoms with van der Waals surface area (Å²) < 4.78 is 4.99. The Labute approximate surface area is 122 Å². The van der Waals surface area contributed by atoms with Gasteiger partial charge in [-0.25, -0.2) is 0 Å². The predicted molar refractivity (Wildman–Crippen MR) is 81.7 cm³/mol. The number of nitrogen functional groups attached to an aromatic ring is 1. The molecule has 0 aliphatic rings. The molecule has 5 heteroatoms. The van der Waals surface area contributed by atoms with E-state index in [9.17, 15) is 0 Å². The zero-order chi connectivity index (χ0) is 14.6. The van der Waals surface area contributed by atoms with E-state index in [0.29, 0.717) is 6.01 Å². The molecule has 0 aliphatic carbocycles. The number of nitrogens with two attached hydrogens (primary N) is 1. The van der Waals surface area contributed by atoms with E-state index >= 15 is 0 Å². The van der Waals surface area contributed by atoms with E-state index in [1.54, 1.807) is 0 Å². The first-order valence-electron chi connectivity index (χ1n) is 7.80. The molecule has 1 rings (SSSR count). The maximum Gasteiger partial charge on any atom is 0.321 e. The molecule has 20 heavy (non-hydrogen) atoms. The standard InChI is InChI=1S/C15H28N4O/c1-3-4-5-6-7-8-9-10-11-12-13-17-14(16)19-15(18-13)20-2/h3-12H2,1-2H3,(H2,16,17,18,19). The van der Waals surface area contributed by atoms with Gasteiger partial charge >= 0.3 is 6.01 Å². The maximum absolute atomic E-state index is 5.60. The minimum atomic E-state index is 0.239. The van der Waals surface area contributed by atoms with Gasteiger partial charge in [-0.3, -0.25) is 0 Å². The maximum atomic E-state index is 5.60. The third-order valence-electron chi connectivity index (χ3n) is 3.37. The van der Waals surface area contributed by atoms with Crippen LogP contribution in [0, 0.1) is 0 Å². The summed E-state index contributed by atoms with van der Waals surface area (Å²) >= 11 is 0. The molecule has 0 unspecified atom stereocenters. The van der Waals surface area contributed by atoms with Gasteiger partial charge in [0.15, 0.2) is 0 Å². The van der Waals surface area contributed by atoms with Crippen molar-refractivity contribution >= 4 is 5.95 Å². The molecule has 0 saturated carbocycles. The predicted octanol–water partition coefficient (Wildman–Crippen LogP) is 3.54. The second kappa shape index (κ2) is 10.4. The van der Waals surface area contributed by atoms with Gasteiger partial charge in [0, 0.05) is 6.42 Å². The largest absolute Gasteiger partial charge is 0.467 e. The minimum absolute atomic E-state index is 0.239. The molecule has 0 aliphatic heterocycles. The van der Waals surface area contributed by atoms with Crippen LogP contribution in [-0.2, 0) is 6.42 Å². The molecule has 1 heterocycles. The van der Waals surface area contributed by atoms with Gasteiger partial charge in [0.1, 0.15) is 5.82 Å². The number of rotatable bonds is 11. The van der Waals surface area contributed by atoms with Gasteiger partial charge in [-0.15, -0.1) is 0 Å². The molecular formula is C15H28N4O. The van der Waals surface area contributed by atoms with E-state index in [2.05, 4.69) is 21.9 Å². The van der Waals surface area contributed by atoms with Crippen molar-refractivity contribution in [3.63, 3.8) is 0 Å². The summed E-state index contributed by atoms with van der Waals surface area (Å²) in [7, 11) is 1.54. The third-order valence-corrected chi connectivity index (χ3v) is 3.37. The van der Waals surface area contributed by atoms with E-state index in [-0.39, 0.29) is 5.95 Å². The van der Waals surface area contributed by atoms with Crippen molar-refractivity contribution in [1.82, 2.24) is 15.0 Å². The van der Waals surface area contributed by atoms with Crippen LogP contribution in [0.2, 0.25) is 0 Å². The van der Waals surface area contributed by atoms with E-state index in [1.165, 1.54) is 58.5 Å². The lowest BCUT2D eigenvalue weighted by molar-refractivity contribution is 0.376. The van der Waals surface area contributed by atoms with Crippen LogP contribution in [0.15, 0.2) is 0 Å². The highest BCUT2D eigenvalue weighted by Crippen LogP contribution is 2.12. The summed E-state index contributed by atoms with van der Waals surface area (Å²) in [6.07, 6.45) is 12.6. The number of unbranched alkanes of at least 4 members (excludes halogenated alkanes) is 8. The van der Waals surface area contributed by atoms with Gasteiger partial charge in [-0.05, 0) is 6.42 Å². The Morgan fingerprint density at radius 3 is 2.05 bits per heavy atom. The van der Waals surface area contributed by atoms with Crippen molar-refractivity contribution < 1.29 is 4.74 Å². The Kier molecular flexibility index (Phi) is 8.67. The van der Waals surface area contributed by atoms with Crippen LogP contribution in [-0.4, -0.2) is 22.1 Å². The molecule has 0 atom stereocenters. The second-order valence-corrected chi connectivity index (χ2v) is 5.17. The van der Waals surface area contributed by atoms with Crippen LogP contribution in [0.25, 0.3) is 0 Å². The lowest BCUT2D eigenvalue weighted by Gasteiger charge is -2.04. The Hall–Kier alpha value is -1.39. The van der Waals surface area contributed by atoms with Gasteiger partial charge in [0.05, 0.1) is 7.11 Å². The average Bonchev–Trinajstić information content (AvgIpc) is 2.45. The Morgan fingerprint density at radius 1 is 0.850 bits per heavy atom. The fraction of sp³-hybridized carbons (Fsp3) is 0.800.